The van der Waals surface area contributed by atoms with Crippen molar-refractivity contribution in [2.45, 2.75) is 39.8 Å². The number of aromatic nitrogens is 2. The van der Waals surface area contributed by atoms with Gasteiger partial charge in [-0.1, -0.05) is 0 Å². The molecule has 0 atom stereocenters. The summed E-state index contributed by atoms with van der Waals surface area (Å²) in [4.78, 5) is 0. The third-order valence-corrected chi connectivity index (χ3v) is 2.69. The van der Waals surface area contributed by atoms with E-state index in [1.165, 1.54) is 5.56 Å². The Morgan fingerprint density at radius 1 is 1.40 bits per heavy atom. The van der Waals surface area contributed by atoms with Crippen molar-refractivity contribution in [1.82, 2.24) is 15.5 Å². The molecular weight excluding hydrogens is 190 g/mol. The van der Waals surface area contributed by atoms with Crippen molar-refractivity contribution in [1.29, 1.82) is 0 Å². The smallest absolute Gasteiger partial charge is 0.0746 e. The summed E-state index contributed by atoms with van der Waals surface area (Å²) >= 11 is 0. The maximum Gasteiger partial charge on any atom is 0.0746 e. The van der Waals surface area contributed by atoms with Crippen LogP contribution in [-0.2, 0) is 11.3 Å². The summed E-state index contributed by atoms with van der Waals surface area (Å²) in [6, 6.07) is 0. The fourth-order valence-corrected chi connectivity index (χ4v) is 1.40. The Morgan fingerprint density at radius 3 is 2.53 bits per heavy atom. The average molecular weight is 211 g/mol. The van der Waals surface area contributed by atoms with Gasteiger partial charge >= 0.3 is 0 Å². The minimum atomic E-state index is -0.119. The predicted octanol–water partition coefficient (Wildman–Crippen LogP) is 1.54. The van der Waals surface area contributed by atoms with Gasteiger partial charge in [0.15, 0.2) is 0 Å². The molecule has 0 saturated heterocycles. The van der Waals surface area contributed by atoms with Crippen LogP contribution in [-0.4, -0.2) is 29.5 Å². The van der Waals surface area contributed by atoms with Gasteiger partial charge in [-0.2, -0.15) is 5.10 Å². The molecule has 0 aliphatic carbocycles. The number of aromatic amines is 1. The number of rotatable bonds is 5. The van der Waals surface area contributed by atoms with Gasteiger partial charge in [0.25, 0.3) is 0 Å². The fourth-order valence-electron chi connectivity index (χ4n) is 1.40. The number of nitrogens with one attached hydrogen (secondary N) is 2. The summed E-state index contributed by atoms with van der Waals surface area (Å²) in [6.45, 7) is 9.85. The lowest BCUT2D eigenvalue weighted by atomic mass is 10.1. The van der Waals surface area contributed by atoms with Crippen LogP contribution in [0, 0.1) is 13.8 Å². The maximum atomic E-state index is 5.33. The van der Waals surface area contributed by atoms with E-state index in [0.29, 0.717) is 0 Å². The van der Waals surface area contributed by atoms with Crippen molar-refractivity contribution in [3.63, 3.8) is 0 Å². The molecule has 0 radical (unpaired) electrons. The van der Waals surface area contributed by atoms with Gasteiger partial charge in [0.2, 0.25) is 0 Å². The molecule has 0 bridgehead atoms. The largest absolute Gasteiger partial charge is 0.377 e. The van der Waals surface area contributed by atoms with E-state index in [1.54, 1.807) is 7.11 Å². The molecule has 0 aliphatic rings. The van der Waals surface area contributed by atoms with Crippen LogP contribution >= 0.6 is 0 Å². The second-order valence-corrected chi connectivity index (χ2v) is 4.48. The average Bonchev–Trinajstić information content (AvgIpc) is 2.49. The number of methoxy groups -OCH3 is 1. The van der Waals surface area contributed by atoms with Crippen LogP contribution < -0.4 is 5.32 Å². The standard InChI is InChI=1S/C11H21N3O/c1-8-10(9(2)14-13-8)6-12-7-11(3,4)15-5/h12H,6-7H2,1-5H3,(H,13,14). The van der Waals surface area contributed by atoms with Gasteiger partial charge in [-0.25, -0.2) is 0 Å². The molecule has 0 amide bonds. The minimum absolute atomic E-state index is 0.119. The number of H-pyrrole nitrogens is 1. The fraction of sp³-hybridized carbons (Fsp3) is 0.727. The predicted molar refractivity (Wildman–Crippen MR) is 60.9 cm³/mol. The van der Waals surface area contributed by atoms with Gasteiger partial charge in [0, 0.05) is 31.5 Å². The van der Waals surface area contributed by atoms with Crippen molar-refractivity contribution >= 4 is 0 Å². The number of hydrogen-bond donors (Lipinski definition) is 2. The van der Waals surface area contributed by atoms with Gasteiger partial charge < -0.3 is 10.1 Å². The summed E-state index contributed by atoms with van der Waals surface area (Å²) in [6.07, 6.45) is 0. The molecule has 0 aliphatic heterocycles. The molecule has 1 aromatic heterocycles. The molecule has 1 rings (SSSR count). The van der Waals surface area contributed by atoms with E-state index < -0.39 is 0 Å². The lowest BCUT2D eigenvalue weighted by Crippen LogP contribution is -2.36. The molecule has 4 heteroatoms. The Morgan fingerprint density at radius 2 is 2.07 bits per heavy atom. The number of aryl methyl sites for hydroxylation is 2. The zero-order valence-corrected chi connectivity index (χ0v) is 10.3. The van der Waals surface area contributed by atoms with Crippen LogP contribution in [0.4, 0.5) is 0 Å². The third-order valence-electron chi connectivity index (χ3n) is 2.69. The number of ether oxygens (including phenoxy) is 1. The summed E-state index contributed by atoms with van der Waals surface area (Å²) in [5.41, 5.74) is 3.33. The first-order chi connectivity index (χ1) is 6.96. The van der Waals surface area contributed by atoms with E-state index in [4.69, 9.17) is 4.74 Å². The van der Waals surface area contributed by atoms with Crippen LogP contribution in [0.25, 0.3) is 0 Å². The van der Waals surface area contributed by atoms with Crippen LogP contribution in [0.15, 0.2) is 0 Å². The van der Waals surface area contributed by atoms with Gasteiger partial charge in [-0.05, 0) is 27.7 Å². The Kier molecular flexibility index (Phi) is 3.88. The highest BCUT2D eigenvalue weighted by Gasteiger charge is 2.15. The Bertz CT molecular complexity index is 298. The summed E-state index contributed by atoms with van der Waals surface area (Å²) in [5.74, 6) is 0. The van der Waals surface area contributed by atoms with E-state index in [9.17, 15) is 0 Å². The van der Waals surface area contributed by atoms with Crippen molar-refractivity contribution < 1.29 is 4.74 Å². The monoisotopic (exact) mass is 211 g/mol. The Balaban J connectivity index is 2.45. The first-order valence-corrected chi connectivity index (χ1v) is 5.22. The zero-order valence-electron chi connectivity index (χ0n) is 10.3. The van der Waals surface area contributed by atoms with Crippen molar-refractivity contribution in [2.75, 3.05) is 13.7 Å². The van der Waals surface area contributed by atoms with Crippen LogP contribution in [0.3, 0.4) is 0 Å². The van der Waals surface area contributed by atoms with E-state index in [1.807, 2.05) is 13.8 Å². The van der Waals surface area contributed by atoms with Crippen molar-refractivity contribution in [3.05, 3.63) is 17.0 Å². The zero-order chi connectivity index (χ0) is 11.5. The second kappa shape index (κ2) is 4.77. The van der Waals surface area contributed by atoms with E-state index in [0.717, 1.165) is 24.5 Å². The highest BCUT2D eigenvalue weighted by molar-refractivity contribution is 5.22. The molecule has 0 spiro atoms. The Labute approximate surface area is 91.4 Å². The second-order valence-electron chi connectivity index (χ2n) is 4.48. The topological polar surface area (TPSA) is 49.9 Å². The van der Waals surface area contributed by atoms with E-state index in [-0.39, 0.29) is 5.60 Å². The number of nitrogens with zero attached hydrogens (tertiary/aromatic N) is 1. The molecule has 0 aromatic carbocycles. The SMILES string of the molecule is COC(C)(C)CNCc1c(C)n[nH]c1C. The maximum absolute atomic E-state index is 5.33. The van der Waals surface area contributed by atoms with E-state index in [2.05, 4.69) is 29.4 Å². The molecule has 4 nitrogen and oxygen atoms in total. The first-order valence-electron chi connectivity index (χ1n) is 5.22. The molecule has 1 aromatic rings. The quantitative estimate of drug-likeness (QED) is 0.776. The van der Waals surface area contributed by atoms with Crippen LogP contribution in [0.1, 0.15) is 30.8 Å². The van der Waals surface area contributed by atoms with Gasteiger partial charge in [0.05, 0.1) is 11.3 Å². The van der Waals surface area contributed by atoms with Crippen LogP contribution in [0.2, 0.25) is 0 Å². The summed E-state index contributed by atoms with van der Waals surface area (Å²) in [5, 5.41) is 10.5. The van der Waals surface area contributed by atoms with Gasteiger partial charge in [-0.15, -0.1) is 0 Å². The molecule has 86 valence electrons. The normalized spacial score (nSPS) is 12.1. The molecule has 0 unspecified atom stereocenters. The summed E-state index contributed by atoms with van der Waals surface area (Å²) < 4.78 is 5.33. The third kappa shape index (κ3) is 3.32. The van der Waals surface area contributed by atoms with Crippen LogP contribution in [0.5, 0.6) is 0 Å². The molecule has 15 heavy (non-hydrogen) atoms. The van der Waals surface area contributed by atoms with Gasteiger partial charge in [0.1, 0.15) is 0 Å². The first kappa shape index (κ1) is 12.2. The molecular formula is C11H21N3O. The lowest BCUT2D eigenvalue weighted by Gasteiger charge is -2.23. The summed E-state index contributed by atoms with van der Waals surface area (Å²) in [7, 11) is 1.73. The molecule has 0 saturated carbocycles. The minimum Gasteiger partial charge on any atom is -0.377 e. The molecule has 0 fully saturated rings. The Hall–Kier alpha value is -0.870. The van der Waals surface area contributed by atoms with E-state index >= 15 is 0 Å². The number of hydrogen-bond acceptors (Lipinski definition) is 3. The molecule has 1 heterocycles. The molecule has 2 N–H and O–H groups in total. The van der Waals surface area contributed by atoms with Crippen molar-refractivity contribution in [3.8, 4) is 0 Å². The highest BCUT2D eigenvalue weighted by Crippen LogP contribution is 2.10. The van der Waals surface area contributed by atoms with Gasteiger partial charge in [-0.3, -0.25) is 5.10 Å². The lowest BCUT2D eigenvalue weighted by molar-refractivity contribution is 0.0230. The van der Waals surface area contributed by atoms with Crippen molar-refractivity contribution in [2.24, 2.45) is 0 Å². The highest BCUT2D eigenvalue weighted by atomic mass is 16.5.